The van der Waals surface area contributed by atoms with E-state index in [9.17, 15) is 14.0 Å². The van der Waals surface area contributed by atoms with Crippen LogP contribution in [0.5, 0.6) is 11.5 Å². The third-order valence-corrected chi connectivity index (χ3v) is 4.10. The first kappa shape index (κ1) is 20.1. The van der Waals surface area contributed by atoms with E-state index in [0.717, 1.165) is 0 Å². The number of halogens is 1. The van der Waals surface area contributed by atoms with Crippen LogP contribution in [-0.4, -0.2) is 18.8 Å². The molecule has 3 aromatic carbocycles. The lowest BCUT2D eigenvalue weighted by Crippen LogP contribution is -2.26. The maximum atomic E-state index is 13.1. The van der Waals surface area contributed by atoms with E-state index >= 15 is 0 Å². The molecule has 0 spiro atoms. The molecule has 29 heavy (non-hydrogen) atoms. The summed E-state index contributed by atoms with van der Waals surface area (Å²) in [5, 5.41) is 2.73. The molecular weight excluding hydrogens is 373 g/mol. The summed E-state index contributed by atoms with van der Waals surface area (Å²) in [5.41, 5.74) is 1.52. The van der Waals surface area contributed by atoms with Gasteiger partial charge in [-0.1, -0.05) is 30.3 Å². The van der Waals surface area contributed by atoms with Gasteiger partial charge in [-0.25, -0.2) is 4.39 Å². The number of carbonyl (C=O) groups excluding carboxylic acids is 2. The fraction of sp³-hybridized carbons (Fsp3) is 0.130. The van der Waals surface area contributed by atoms with Crippen LogP contribution >= 0.6 is 0 Å². The van der Waals surface area contributed by atoms with E-state index in [-0.39, 0.29) is 0 Å². The van der Waals surface area contributed by atoms with Gasteiger partial charge < -0.3 is 14.8 Å². The van der Waals surface area contributed by atoms with E-state index in [4.69, 9.17) is 9.47 Å². The zero-order valence-electron chi connectivity index (χ0n) is 15.8. The molecule has 1 N–H and O–H groups in total. The van der Waals surface area contributed by atoms with Gasteiger partial charge in [0.1, 0.15) is 12.1 Å². The normalized spacial score (nSPS) is 11.4. The van der Waals surface area contributed by atoms with Crippen LogP contribution in [0, 0.1) is 5.82 Å². The van der Waals surface area contributed by atoms with Crippen LogP contribution in [0.4, 0.5) is 10.1 Å². The second kappa shape index (κ2) is 9.50. The van der Waals surface area contributed by atoms with Crippen molar-refractivity contribution in [2.24, 2.45) is 0 Å². The summed E-state index contributed by atoms with van der Waals surface area (Å²) in [4.78, 5) is 24.0. The fourth-order valence-electron chi connectivity index (χ4n) is 2.73. The molecule has 0 saturated carbocycles. The molecule has 0 aliphatic carbocycles. The van der Waals surface area contributed by atoms with Gasteiger partial charge >= 0.3 is 0 Å². The largest absolute Gasteiger partial charge is 0.490 e. The number of hydrogen-bond acceptors (Lipinski definition) is 4. The maximum absolute atomic E-state index is 13.1. The summed E-state index contributed by atoms with van der Waals surface area (Å²) in [7, 11) is 0. The van der Waals surface area contributed by atoms with Crippen molar-refractivity contribution < 1.29 is 23.5 Å². The van der Waals surface area contributed by atoms with Crippen molar-refractivity contribution in [3.63, 3.8) is 0 Å². The molecule has 0 bridgehead atoms. The van der Waals surface area contributed by atoms with E-state index in [1.54, 1.807) is 42.5 Å². The summed E-state index contributed by atoms with van der Waals surface area (Å²) in [6.07, 6.45) is -0.273. The minimum atomic E-state index is -0.984. The third-order valence-electron chi connectivity index (χ3n) is 4.10. The molecule has 1 atom stereocenters. The molecule has 0 heterocycles. The van der Waals surface area contributed by atoms with E-state index in [1.165, 1.54) is 24.3 Å². The van der Waals surface area contributed by atoms with Crippen molar-refractivity contribution in [3.8, 4) is 11.5 Å². The lowest BCUT2D eigenvalue weighted by Gasteiger charge is -2.21. The molecule has 0 saturated heterocycles. The first-order valence-corrected chi connectivity index (χ1v) is 9.10. The van der Waals surface area contributed by atoms with E-state index in [0.29, 0.717) is 41.2 Å². The van der Waals surface area contributed by atoms with E-state index < -0.39 is 17.8 Å². The number of amides is 1. The van der Waals surface area contributed by atoms with Gasteiger partial charge in [-0.15, -0.1) is 0 Å². The van der Waals surface area contributed by atoms with Crippen molar-refractivity contribution in [2.45, 2.75) is 13.0 Å². The Bertz CT molecular complexity index is 974. The molecule has 0 fully saturated rings. The molecule has 0 aromatic heterocycles. The van der Waals surface area contributed by atoms with Crippen molar-refractivity contribution >= 4 is 17.9 Å². The number of rotatable bonds is 8. The zero-order valence-corrected chi connectivity index (χ0v) is 15.8. The quantitative estimate of drug-likeness (QED) is 0.559. The molecule has 3 rings (SSSR count). The van der Waals surface area contributed by atoms with Crippen molar-refractivity contribution in [1.82, 2.24) is 0 Å². The number of nitrogens with one attached hydrogen (secondary N) is 1. The molecule has 0 aliphatic rings. The number of ether oxygens (including phenoxy) is 2. The predicted octanol–water partition coefficient (Wildman–Crippen LogP) is 4.80. The summed E-state index contributed by atoms with van der Waals surface area (Å²) < 4.78 is 24.7. The number of anilines is 1. The average molecular weight is 393 g/mol. The zero-order chi connectivity index (χ0) is 20.6. The molecule has 0 aliphatic heterocycles. The van der Waals surface area contributed by atoms with E-state index in [2.05, 4.69) is 5.32 Å². The SMILES string of the molecule is CCOc1cc(C=O)ccc1O[C@H](C(=O)Nc1ccc(F)cc1)c1ccccc1. The van der Waals surface area contributed by atoms with Crippen LogP contribution in [0.25, 0.3) is 0 Å². The number of benzene rings is 3. The Labute approximate surface area is 168 Å². The highest BCUT2D eigenvalue weighted by Crippen LogP contribution is 2.33. The van der Waals surface area contributed by atoms with Crippen molar-refractivity contribution in [2.75, 3.05) is 11.9 Å². The summed E-state index contributed by atoms with van der Waals surface area (Å²) >= 11 is 0. The molecule has 0 unspecified atom stereocenters. The maximum Gasteiger partial charge on any atom is 0.270 e. The van der Waals surface area contributed by atoms with Gasteiger partial charge in [0.15, 0.2) is 11.5 Å². The van der Waals surface area contributed by atoms with Crippen molar-refractivity contribution in [1.29, 1.82) is 0 Å². The lowest BCUT2D eigenvalue weighted by molar-refractivity contribution is -0.123. The van der Waals surface area contributed by atoms with Gasteiger partial charge in [0.05, 0.1) is 6.61 Å². The smallest absolute Gasteiger partial charge is 0.270 e. The predicted molar refractivity (Wildman–Crippen MR) is 108 cm³/mol. The molecule has 6 heteroatoms. The van der Waals surface area contributed by atoms with Gasteiger partial charge in [-0.2, -0.15) is 0 Å². The second-order valence-electron chi connectivity index (χ2n) is 6.16. The summed E-state index contributed by atoms with van der Waals surface area (Å²) in [6, 6.07) is 19.2. The molecule has 0 radical (unpaired) electrons. The summed E-state index contributed by atoms with van der Waals surface area (Å²) in [5.74, 6) is -0.117. The molecular formula is C23H20FNO4. The van der Waals surface area contributed by atoms with Gasteiger partial charge in [0.2, 0.25) is 6.10 Å². The first-order chi connectivity index (χ1) is 14.1. The Balaban J connectivity index is 1.91. The fourth-order valence-corrected chi connectivity index (χ4v) is 2.73. The Hall–Kier alpha value is -3.67. The summed E-state index contributed by atoms with van der Waals surface area (Å²) in [6.45, 7) is 2.18. The number of carbonyl (C=O) groups is 2. The lowest BCUT2D eigenvalue weighted by atomic mass is 10.1. The Morgan fingerprint density at radius 3 is 2.41 bits per heavy atom. The van der Waals surface area contributed by atoms with Crippen LogP contribution in [0.2, 0.25) is 0 Å². The topological polar surface area (TPSA) is 64.6 Å². The highest BCUT2D eigenvalue weighted by atomic mass is 19.1. The Kier molecular flexibility index (Phi) is 6.58. The van der Waals surface area contributed by atoms with Crippen molar-refractivity contribution in [3.05, 3.63) is 89.7 Å². The van der Waals surface area contributed by atoms with Gasteiger partial charge in [0.25, 0.3) is 5.91 Å². The minimum absolute atomic E-state index is 0.334. The number of hydrogen-bond donors (Lipinski definition) is 1. The minimum Gasteiger partial charge on any atom is -0.490 e. The molecule has 5 nitrogen and oxygen atoms in total. The molecule has 1 amide bonds. The second-order valence-corrected chi connectivity index (χ2v) is 6.16. The van der Waals surface area contributed by atoms with Crippen LogP contribution in [0.15, 0.2) is 72.8 Å². The van der Waals surface area contributed by atoms with Crippen LogP contribution in [-0.2, 0) is 4.79 Å². The first-order valence-electron chi connectivity index (χ1n) is 9.10. The van der Waals surface area contributed by atoms with E-state index in [1.807, 2.05) is 13.0 Å². The number of aldehydes is 1. The average Bonchev–Trinajstić information content (AvgIpc) is 2.75. The Morgan fingerprint density at radius 2 is 1.76 bits per heavy atom. The standard InChI is InChI=1S/C23H20FNO4/c1-2-28-21-14-16(15-26)8-13-20(21)29-22(17-6-4-3-5-7-17)23(27)25-19-11-9-18(24)10-12-19/h3-15,22H,2H2,1H3,(H,25,27)/t22-/m0/s1. The highest BCUT2D eigenvalue weighted by Gasteiger charge is 2.24. The van der Waals surface area contributed by atoms with Crippen LogP contribution in [0.1, 0.15) is 28.9 Å². The molecule has 148 valence electrons. The van der Waals surface area contributed by atoms with Gasteiger partial charge in [-0.3, -0.25) is 9.59 Å². The van der Waals surface area contributed by atoms with Crippen LogP contribution < -0.4 is 14.8 Å². The van der Waals surface area contributed by atoms with Gasteiger partial charge in [0, 0.05) is 16.8 Å². The Morgan fingerprint density at radius 1 is 1.03 bits per heavy atom. The highest BCUT2D eigenvalue weighted by molar-refractivity contribution is 5.95. The third kappa shape index (κ3) is 5.19. The molecule has 3 aromatic rings. The monoisotopic (exact) mass is 393 g/mol. The van der Waals surface area contributed by atoms with Gasteiger partial charge in [-0.05, 0) is 49.4 Å². The van der Waals surface area contributed by atoms with Crippen LogP contribution in [0.3, 0.4) is 0 Å².